The molecule has 0 saturated carbocycles. The SMILES string of the molecule is CCNS(=O)(=O)c1ccc(C(=O)OCc2nc3ccccc3s2)cc1. The number of ether oxygens (including phenoxy) is 1. The summed E-state index contributed by atoms with van der Waals surface area (Å²) in [5.41, 5.74) is 1.16. The molecule has 0 unspecified atom stereocenters. The summed E-state index contributed by atoms with van der Waals surface area (Å²) >= 11 is 1.47. The highest BCUT2D eigenvalue weighted by Gasteiger charge is 2.15. The van der Waals surface area contributed by atoms with Gasteiger partial charge in [-0.25, -0.2) is 22.9 Å². The molecule has 0 bridgehead atoms. The summed E-state index contributed by atoms with van der Waals surface area (Å²) < 4.78 is 32.4. The van der Waals surface area contributed by atoms with Crippen LogP contribution in [0.2, 0.25) is 0 Å². The number of esters is 1. The molecule has 3 aromatic rings. The van der Waals surface area contributed by atoms with Crippen LogP contribution in [0.3, 0.4) is 0 Å². The van der Waals surface area contributed by atoms with Gasteiger partial charge in [0.05, 0.1) is 20.7 Å². The Labute approximate surface area is 149 Å². The molecule has 25 heavy (non-hydrogen) atoms. The van der Waals surface area contributed by atoms with Gasteiger partial charge < -0.3 is 4.74 Å². The molecule has 0 atom stereocenters. The number of benzene rings is 2. The van der Waals surface area contributed by atoms with Crippen LogP contribution < -0.4 is 4.72 Å². The minimum atomic E-state index is -3.53. The van der Waals surface area contributed by atoms with Gasteiger partial charge in [-0.1, -0.05) is 19.1 Å². The molecule has 0 aliphatic carbocycles. The van der Waals surface area contributed by atoms with E-state index in [1.54, 1.807) is 6.92 Å². The van der Waals surface area contributed by atoms with Crippen molar-refractivity contribution in [3.8, 4) is 0 Å². The number of rotatable bonds is 6. The zero-order valence-corrected chi connectivity index (χ0v) is 15.1. The minimum Gasteiger partial charge on any atom is -0.455 e. The number of para-hydroxylation sites is 1. The van der Waals surface area contributed by atoms with Crippen molar-refractivity contribution in [1.29, 1.82) is 0 Å². The molecule has 0 fully saturated rings. The van der Waals surface area contributed by atoms with Gasteiger partial charge in [0.1, 0.15) is 11.6 Å². The average molecular weight is 376 g/mol. The molecule has 1 N–H and O–H groups in total. The van der Waals surface area contributed by atoms with Crippen LogP contribution in [0.15, 0.2) is 53.4 Å². The van der Waals surface area contributed by atoms with E-state index in [0.717, 1.165) is 10.2 Å². The summed E-state index contributed by atoms with van der Waals surface area (Å²) in [5.74, 6) is -0.522. The summed E-state index contributed by atoms with van der Waals surface area (Å²) in [4.78, 5) is 16.6. The van der Waals surface area contributed by atoms with Crippen LogP contribution >= 0.6 is 11.3 Å². The summed E-state index contributed by atoms with van der Waals surface area (Å²) in [7, 11) is -3.53. The second kappa shape index (κ2) is 7.30. The van der Waals surface area contributed by atoms with E-state index < -0.39 is 16.0 Å². The van der Waals surface area contributed by atoms with Gasteiger partial charge in [-0.2, -0.15) is 0 Å². The Bertz CT molecular complexity index is 962. The second-order valence-electron chi connectivity index (χ2n) is 5.18. The Kier molecular flexibility index (Phi) is 5.12. The first-order chi connectivity index (χ1) is 12.0. The van der Waals surface area contributed by atoms with Crippen LogP contribution in [0.4, 0.5) is 0 Å². The standard InChI is InChI=1S/C17H16N2O4S2/c1-2-18-25(21,22)13-9-7-12(8-10-13)17(20)23-11-16-19-14-5-3-4-6-15(14)24-16/h3-10,18H,2,11H2,1H3. The fraction of sp³-hybridized carbons (Fsp3) is 0.176. The maximum Gasteiger partial charge on any atom is 0.338 e. The molecule has 130 valence electrons. The second-order valence-corrected chi connectivity index (χ2v) is 8.06. The Morgan fingerprint density at radius 1 is 1.16 bits per heavy atom. The van der Waals surface area contributed by atoms with Crippen molar-refractivity contribution in [3.05, 3.63) is 59.1 Å². The third kappa shape index (κ3) is 4.04. The largest absolute Gasteiger partial charge is 0.455 e. The van der Waals surface area contributed by atoms with Crippen molar-refractivity contribution < 1.29 is 17.9 Å². The lowest BCUT2D eigenvalue weighted by atomic mass is 10.2. The molecule has 0 aliphatic heterocycles. The number of carbonyl (C=O) groups excluding carboxylic acids is 1. The van der Waals surface area contributed by atoms with E-state index >= 15 is 0 Å². The minimum absolute atomic E-state index is 0.0790. The summed E-state index contributed by atoms with van der Waals surface area (Å²) in [6, 6.07) is 13.3. The van der Waals surface area contributed by atoms with Gasteiger partial charge >= 0.3 is 5.97 Å². The highest BCUT2D eigenvalue weighted by atomic mass is 32.2. The summed E-state index contributed by atoms with van der Waals surface area (Å²) in [6.45, 7) is 2.08. The van der Waals surface area contributed by atoms with Crippen molar-refractivity contribution in [1.82, 2.24) is 9.71 Å². The topological polar surface area (TPSA) is 85.4 Å². The number of aromatic nitrogens is 1. The number of fused-ring (bicyclic) bond motifs is 1. The van der Waals surface area contributed by atoms with Crippen molar-refractivity contribution in [2.75, 3.05) is 6.54 Å². The fourth-order valence-corrected chi connectivity index (χ4v) is 4.16. The summed E-state index contributed by atoms with van der Waals surface area (Å²) in [5, 5.41) is 0.709. The highest BCUT2D eigenvalue weighted by molar-refractivity contribution is 7.89. The molecule has 1 heterocycles. The molecule has 0 aliphatic rings. The average Bonchev–Trinajstić information content (AvgIpc) is 3.02. The van der Waals surface area contributed by atoms with Crippen LogP contribution in [0, 0.1) is 0 Å². The Morgan fingerprint density at radius 3 is 2.56 bits per heavy atom. The molecular formula is C17H16N2O4S2. The van der Waals surface area contributed by atoms with E-state index in [2.05, 4.69) is 9.71 Å². The molecule has 0 spiro atoms. The first kappa shape index (κ1) is 17.5. The first-order valence-corrected chi connectivity index (χ1v) is 9.91. The van der Waals surface area contributed by atoms with Crippen molar-refractivity contribution in [3.63, 3.8) is 0 Å². The molecule has 0 saturated heterocycles. The van der Waals surface area contributed by atoms with Gasteiger partial charge in [0.25, 0.3) is 0 Å². The molecule has 6 nitrogen and oxygen atoms in total. The lowest BCUT2D eigenvalue weighted by Crippen LogP contribution is -2.23. The predicted molar refractivity (Wildman–Crippen MR) is 96.0 cm³/mol. The normalized spacial score (nSPS) is 11.6. The number of hydrogen-bond donors (Lipinski definition) is 1. The smallest absolute Gasteiger partial charge is 0.338 e. The van der Waals surface area contributed by atoms with E-state index in [0.29, 0.717) is 11.6 Å². The van der Waals surface area contributed by atoms with E-state index in [9.17, 15) is 13.2 Å². The Hall–Kier alpha value is -2.29. The number of thiazole rings is 1. The zero-order valence-electron chi connectivity index (χ0n) is 13.4. The molecule has 0 amide bonds. The molecule has 3 rings (SSSR count). The van der Waals surface area contributed by atoms with Crippen molar-refractivity contribution >= 4 is 37.5 Å². The van der Waals surface area contributed by atoms with E-state index in [4.69, 9.17) is 4.74 Å². The maximum absolute atomic E-state index is 12.1. The Morgan fingerprint density at radius 2 is 1.88 bits per heavy atom. The van der Waals surface area contributed by atoms with Crippen LogP contribution in [0.1, 0.15) is 22.3 Å². The summed E-state index contributed by atoms with van der Waals surface area (Å²) in [6.07, 6.45) is 0. The zero-order chi connectivity index (χ0) is 17.9. The number of nitrogens with one attached hydrogen (secondary N) is 1. The predicted octanol–water partition coefficient (Wildman–Crippen LogP) is 2.95. The van der Waals surface area contributed by atoms with Crippen LogP contribution in [-0.2, 0) is 21.4 Å². The number of hydrogen-bond acceptors (Lipinski definition) is 6. The third-order valence-corrected chi connectivity index (χ3v) is 5.97. The number of nitrogens with zero attached hydrogens (tertiary/aromatic N) is 1. The first-order valence-electron chi connectivity index (χ1n) is 7.61. The van der Waals surface area contributed by atoms with Gasteiger partial charge in [-0.05, 0) is 36.4 Å². The van der Waals surface area contributed by atoms with Gasteiger partial charge in [-0.15, -0.1) is 11.3 Å². The van der Waals surface area contributed by atoms with Gasteiger partial charge in [0.15, 0.2) is 0 Å². The number of sulfonamides is 1. The van der Waals surface area contributed by atoms with Gasteiger partial charge in [0, 0.05) is 6.54 Å². The van der Waals surface area contributed by atoms with Crippen molar-refractivity contribution in [2.45, 2.75) is 18.4 Å². The maximum atomic E-state index is 12.1. The molecule has 0 radical (unpaired) electrons. The highest BCUT2D eigenvalue weighted by Crippen LogP contribution is 2.22. The quantitative estimate of drug-likeness (QED) is 0.669. The lowest BCUT2D eigenvalue weighted by molar-refractivity contribution is 0.0472. The molecular weight excluding hydrogens is 360 g/mol. The van der Waals surface area contributed by atoms with Crippen molar-refractivity contribution in [2.24, 2.45) is 0 Å². The van der Waals surface area contributed by atoms with Crippen LogP contribution in [0.25, 0.3) is 10.2 Å². The Balaban J connectivity index is 1.67. The van der Waals surface area contributed by atoms with Crippen LogP contribution in [0.5, 0.6) is 0 Å². The van der Waals surface area contributed by atoms with E-state index in [1.807, 2.05) is 24.3 Å². The molecule has 1 aromatic heterocycles. The van der Waals surface area contributed by atoms with E-state index in [1.165, 1.54) is 35.6 Å². The van der Waals surface area contributed by atoms with Gasteiger partial charge in [0.2, 0.25) is 10.0 Å². The van der Waals surface area contributed by atoms with Gasteiger partial charge in [-0.3, -0.25) is 0 Å². The lowest BCUT2D eigenvalue weighted by Gasteiger charge is -2.06. The fourth-order valence-electron chi connectivity index (χ4n) is 2.24. The van der Waals surface area contributed by atoms with E-state index in [-0.39, 0.29) is 17.1 Å². The number of carbonyl (C=O) groups is 1. The monoisotopic (exact) mass is 376 g/mol. The third-order valence-electron chi connectivity index (χ3n) is 3.40. The van der Waals surface area contributed by atoms with Crippen LogP contribution in [-0.4, -0.2) is 25.9 Å². The molecule has 2 aromatic carbocycles. The molecule has 8 heteroatoms.